The summed E-state index contributed by atoms with van der Waals surface area (Å²) in [6, 6.07) is 7.23. The van der Waals surface area contributed by atoms with Gasteiger partial charge in [0, 0.05) is 35.2 Å². The Kier molecular flexibility index (Phi) is 4.43. The van der Waals surface area contributed by atoms with E-state index in [1.165, 1.54) is 6.33 Å². The molecular weight excluding hydrogens is 432 g/mol. The average Bonchev–Trinajstić information content (AvgIpc) is 3.15. The van der Waals surface area contributed by atoms with Crippen LogP contribution >= 0.6 is 0 Å². The molecule has 164 valence electrons. The number of nitrogens with two attached hydrogens (primary N) is 1. The highest BCUT2D eigenvalue weighted by molar-refractivity contribution is 5.78. The number of hydrogen-bond donors (Lipinski definition) is 1. The maximum atomic E-state index is 14.7. The minimum absolute atomic E-state index is 0.0425. The van der Waals surface area contributed by atoms with Gasteiger partial charge in [0.1, 0.15) is 24.4 Å². The smallest absolute Gasteiger partial charge is 0.422 e. The molecule has 3 heterocycles. The molecule has 0 aliphatic carbocycles. The Morgan fingerprint density at radius 2 is 1.78 bits per heavy atom. The van der Waals surface area contributed by atoms with Gasteiger partial charge >= 0.3 is 6.18 Å². The van der Waals surface area contributed by atoms with Gasteiger partial charge in [-0.3, -0.25) is 0 Å². The molecule has 2 aliphatic rings. The van der Waals surface area contributed by atoms with Crippen LogP contribution in [0.3, 0.4) is 0 Å². The number of halogens is 4. The van der Waals surface area contributed by atoms with E-state index in [9.17, 15) is 17.6 Å². The van der Waals surface area contributed by atoms with Gasteiger partial charge in [-0.1, -0.05) is 6.07 Å². The standard InChI is InChI=1S/C21H14F4N4O3/c22-15-4-14-17(5-18(15)30-9-21(23,24)25)32-16-2-1-11(12-6-27-10-28-7-12)3-13(16)20(14)8-31-19(26)29-20/h1-7,10H,8-9H2,(H2,26,29)/t20-/m0/s1. The second-order valence-electron chi connectivity index (χ2n) is 7.22. The monoisotopic (exact) mass is 446 g/mol. The van der Waals surface area contributed by atoms with Crippen molar-refractivity contribution in [1.82, 2.24) is 9.97 Å². The van der Waals surface area contributed by atoms with Crippen LogP contribution in [0.4, 0.5) is 17.6 Å². The summed E-state index contributed by atoms with van der Waals surface area (Å²) >= 11 is 0. The summed E-state index contributed by atoms with van der Waals surface area (Å²) in [5.41, 5.74) is 6.83. The molecule has 0 saturated heterocycles. The molecule has 1 spiro atoms. The SMILES string of the molecule is NC1=N[C@@]2(CO1)c1cc(-c3cncnc3)ccc1Oc1cc(OCC(F)(F)F)c(F)cc12. The number of aliphatic imine (C=N–C) groups is 1. The zero-order valence-electron chi connectivity index (χ0n) is 16.2. The number of benzene rings is 2. The third kappa shape index (κ3) is 3.35. The van der Waals surface area contributed by atoms with Crippen molar-refractivity contribution >= 4 is 6.02 Å². The van der Waals surface area contributed by atoms with Crippen LogP contribution in [0.2, 0.25) is 0 Å². The number of alkyl halides is 3. The lowest BCUT2D eigenvalue weighted by atomic mass is 9.80. The van der Waals surface area contributed by atoms with Gasteiger partial charge in [0.25, 0.3) is 6.02 Å². The highest BCUT2D eigenvalue weighted by Gasteiger charge is 2.47. The topological polar surface area (TPSA) is 91.9 Å². The molecule has 2 aliphatic heterocycles. The third-order valence-corrected chi connectivity index (χ3v) is 5.14. The van der Waals surface area contributed by atoms with E-state index in [0.29, 0.717) is 11.3 Å². The fraction of sp³-hybridized carbons (Fsp3) is 0.190. The maximum Gasteiger partial charge on any atom is 0.422 e. The van der Waals surface area contributed by atoms with E-state index in [2.05, 4.69) is 19.7 Å². The average molecular weight is 446 g/mol. The first-order valence-corrected chi connectivity index (χ1v) is 9.35. The zero-order chi connectivity index (χ0) is 22.5. The van der Waals surface area contributed by atoms with E-state index in [1.807, 2.05) is 0 Å². The van der Waals surface area contributed by atoms with Crippen LogP contribution in [0.25, 0.3) is 11.1 Å². The van der Waals surface area contributed by atoms with Crippen molar-refractivity contribution < 1.29 is 31.8 Å². The molecule has 2 N–H and O–H groups in total. The Balaban J connectivity index is 1.63. The molecule has 7 nitrogen and oxygen atoms in total. The number of fused-ring (bicyclic) bond motifs is 4. The van der Waals surface area contributed by atoms with Crippen LogP contribution in [0.5, 0.6) is 17.2 Å². The molecule has 11 heteroatoms. The van der Waals surface area contributed by atoms with Crippen molar-refractivity contribution in [2.45, 2.75) is 11.7 Å². The lowest BCUT2D eigenvalue weighted by Gasteiger charge is -2.34. The Labute approximate surface area is 178 Å². The normalized spacial score (nSPS) is 18.9. The van der Waals surface area contributed by atoms with Crippen molar-refractivity contribution in [3.05, 3.63) is 66.0 Å². The molecular formula is C21H14F4N4O3. The largest absolute Gasteiger partial charge is 0.481 e. The third-order valence-electron chi connectivity index (χ3n) is 5.14. The molecule has 0 saturated carbocycles. The van der Waals surface area contributed by atoms with Crippen molar-refractivity contribution in [2.24, 2.45) is 10.7 Å². The second kappa shape index (κ2) is 7.08. The van der Waals surface area contributed by atoms with Crippen LogP contribution in [0, 0.1) is 5.82 Å². The van der Waals surface area contributed by atoms with E-state index in [0.717, 1.165) is 23.3 Å². The lowest BCUT2D eigenvalue weighted by Crippen LogP contribution is -2.31. The molecule has 0 amide bonds. The van der Waals surface area contributed by atoms with Gasteiger partial charge in [0.15, 0.2) is 23.7 Å². The molecule has 3 aromatic rings. The maximum absolute atomic E-state index is 14.7. The number of hydrogen-bond acceptors (Lipinski definition) is 7. The Hall–Kier alpha value is -3.89. The minimum atomic E-state index is -4.62. The first-order valence-electron chi connectivity index (χ1n) is 9.35. The van der Waals surface area contributed by atoms with Crippen molar-refractivity contribution in [3.8, 4) is 28.4 Å². The highest BCUT2D eigenvalue weighted by atomic mass is 19.4. The molecule has 0 fully saturated rings. The molecule has 2 aromatic carbocycles. The molecule has 32 heavy (non-hydrogen) atoms. The van der Waals surface area contributed by atoms with Crippen LogP contribution in [-0.2, 0) is 10.3 Å². The minimum Gasteiger partial charge on any atom is -0.481 e. The van der Waals surface area contributed by atoms with Crippen LogP contribution in [-0.4, -0.2) is 35.4 Å². The van der Waals surface area contributed by atoms with E-state index in [4.69, 9.17) is 15.2 Å². The van der Waals surface area contributed by atoms with Gasteiger partial charge < -0.3 is 19.9 Å². The predicted octanol–water partition coefficient (Wildman–Crippen LogP) is 3.92. The summed E-state index contributed by atoms with van der Waals surface area (Å²) in [5, 5.41) is 0. The number of rotatable bonds is 3. The van der Waals surface area contributed by atoms with Crippen molar-refractivity contribution in [3.63, 3.8) is 0 Å². The van der Waals surface area contributed by atoms with Gasteiger partial charge in [-0.15, -0.1) is 0 Å². The van der Waals surface area contributed by atoms with Gasteiger partial charge in [-0.2, -0.15) is 13.2 Å². The zero-order valence-corrected chi connectivity index (χ0v) is 16.2. The molecule has 1 aromatic heterocycles. The summed E-state index contributed by atoms with van der Waals surface area (Å²) < 4.78 is 68.3. The van der Waals surface area contributed by atoms with Crippen LogP contribution < -0.4 is 15.2 Å². The molecule has 1 atom stereocenters. The first kappa shape index (κ1) is 20.0. The van der Waals surface area contributed by atoms with Gasteiger partial charge in [0.2, 0.25) is 0 Å². The summed E-state index contributed by atoms with van der Waals surface area (Å²) in [4.78, 5) is 12.4. The van der Waals surface area contributed by atoms with Crippen LogP contribution in [0.1, 0.15) is 11.1 Å². The Morgan fingerprint density at radius 3 is 2.47 bits per heavy atom. The molecule has 0 bridgehead atoms. The van der Waals surface area contributed by atoms with Crippen molar-refractivity contribution in [2.75, 3.05) is 13.2 Å². The number of ether oxygens (including phenoxy) is 3. The van der Waals surface area contributed by atoms with E-state index in [1.54, 1.807) is 30.6 Å². The van der Waals surface area contributed by atoms with Crippen molar-refractivity contribution in [1.29, 1.82) is 0 Å². The predicted molar refractivity (Wildman–Crippen MR) is 104 cm³/mol. The lowest BCUT2D eigenvalue weighted by molar-refractivity contribution is -0.153. The molecule has 0 unspecified atom stereocenters. The highest BCUT2D eigenvalue weighted by Crippen LogP contribution is 2.52. The first-order chi connectivity index (χ1) is 15.2. The fourth-order valence-corrected chi connectivity index (χ4v) is 3.75. The van der Waals surface area contributed by atoms with E-state index < -0.39 is 29.9 Å². The van der Waals surface area contributed by atoms with Gasteiger partial charge in [-0.05, 0) is 23.8 Å². The Bertz CT molecular complexity index is 1230. The fourth-order valence-electron chi connectivity index (χ4n) is 3.75. The van der Waals surface area contributed by atoms with Gasteiger partial charge in [0.05, 0.1) is 0 Å². The number of amidine groups is 1. The summed E-state index contributed by atoms with van der Waals surface area (Å²) in [5.74, 6) is -1.12. The Morgan fingerprint density at radius 1 is 1.03 bits per heavy atom. The summed E-state index contributed by atoms with van der Waals surface area (Å²) in [6.07, 6.45) is 0.0455. The summed E-state index contributed by atoms with van der Waals surface area (Å²) in [7, 11) is 0. The van der Waals surface area contributed by atoms with E-state index in [-0.39, 0.29) is 23.9 Å². The number of nitrogens with zero attached hydrogens (tertiary/aromatic N) is 3. The second-order valence-corrected chi connectivity index (χ2v) is 7.22. The van der Waals surface area contributed by atoms with Gasteiger partial charge in [-0.25, -0.2) is 19.4 Å². The molecule has 0 radical (unpaired) electrons. The molecule has 5 rings (SSSR count). The van der Waals surface area contributed by atoms with E-state index >= 15 is 0 Å². The quantitative estimate of drug-likeness (QED) is 0.614. The van der Waals surface area contributed by atoms with Crippen LogP contribution in [0.15, 0.2) is 54.0 Å². The number of aromatic nitrogens is 2. The summed E-state index contributed by atoms with van der Waals surface area (Å²) in [6.45, 7) is -1.68.